The average molecular weight is 199 g/mol. The highest BCUT2D eigenvalue weighted by Crippen LogP contribution is 2.15. The molecule has 0 amide bonds. The quantitative estimate of drug-likeness (QED) is 0.698. The molecule has 0 spiro atoms. The number of carbonyl (C=O) groups is 1. The van der Waals surface area contributed by atoms with E-state index in [-0.39, 0.29) is 5.97 Å². The van der Waals surface area contributed by atoms with Gasteiger partial charge in [-0.25, -0.2) is 9.78 Å². The number of esters is 1. The Kier molecular flexibility index (Phi) is 3.89. The fraction of sp³-hybridized carbons (Fsp3) is 0.556. The van der Waals surface area contributed by atoms with Gasteiger partial charge in [0.15, 0.2) is 0 Å². The molecule has 0 fully saturated rings. The standard InChI is InChI=1S/C9H13NO2S/c1-3-5-8-10-6-7(13-8)9(11)12-4-2/h6H,3-5H2,1-2H3. The Balaban J connectivity index is 2.62. The number of aromatic nitrogens is 1. The molecule has 1 aromatic rings. The fourth-order valence-electron chi connectivity index (χ4n) is 0.936. The second kappa shape index (κ2) is 4.97. The molecule has 1 aromatic heterocycles. The number of rotatable bonds is 4. The van der Waals surface area contributed by atoms with Crippen LogP contribution in [-0.2, 0) is 11.2 Å². The molecule has 72 valence electrons. The van der Waals surface area contributed by atoms with Crippen molar-refractivity contribution in [3.63, 3.8) is 0 Å². The second-order valence-electron chi connectivity index (χ2n) is 2.59. The normalized spacial score (nSPS) is 10.0. The minimum atomic E-state index is -0.262. The van der Waals surface area contributed by atoms with Gasteiger partial charge in [0.05, 0.1) is 17.8 Å². The van der Waals surface area contributed by atoms with Crippen LogP contribution in [0.15, 0.2) is 6.20 Å². The van der Waals surface area contributed by atoms with Crippen LogP contribution in [0.2, 0.25) is 0 Å². The summed E-state index contributed by atoms with van der Waals surface area (Å²) in [7, 11) is 0. The van der Waals surface area contributed by atoms with Gasteiger partial charge < -0.3 is 4.74 Å². The average Bonchev–Trinajstić information content (AvgIpc) is 2.54. The van der Waals surface area contributed by atoms with Crippen LogP contribution in [0.5, 0.6) is 0 Å². The van der Waals surface area contributed by atoms with E-state index in [1.807, 2.05) is 0 Å². The van der Waals surface area contributed by atoms with E-state index in [0.717, 1.165) is 17.8 Å². The molecular formula is C9H13NO2S. The van der Waals surface area contributed by atoms with Gasteiger partial charge in [0.1, 0.15) is 4.88 Å². The molecule has 0 aliphatic rings. The van der Waals surface area contributed by atoms with Crippen LogP contribution in [0.4, 0.5) is 0 Å². The number of carbonyl (C=O) groups excluding carboxylic acids is 1. The Labute approximate surface area is 81.8 Å². The van der Waals surface area contributed by atoms with Gasteiger partial charge in [-0.15, -0.1) is 11.3 Å². The van der Waals surface area contributed by atoms with Crippen molar-refractivity contribution in [3.05, 3.63) is 16.1 Å². The first-order chi connectivity index (χ1) is 6.27. The molecule has 0 aliphatic carbocycles. The molecule has 0 saturated heterocycles. The van der Waals surface area contributed by atoms with Crippen LogP contribution >= 0.6 is 11.3 Å². The SMILES string of the molecule is CCCc1ncc(C(=O)OCC)s1. The fourth-order valence-corrected chi connectivity index (χ4v) is 1.85. The molecule has 0 atom stereocenters. The number of hydrogen-bond donors (Lipinski definition) is 0. The van der Waals surface area contributed by atoms with E-state index in [4.69, 9.17) is 4.74 Å². The van der Waals surface area contributed by atoms with E-state index in [0.29, 0.717) is 11.5 Å². The van der Waals surface area contributed by atoms with Crippen molar-refractivity contribution in [2.75, 3.05) is 6.61 Å². The highest BCUT2D eigenvalue weighted by molar-refractivity contribution is 7.13. The Bertz CT molecular complexity index is 283. The molecule has 4 heteroatoms. The van der Waals surface area contributed by atoms with Crippen molar-refractivity contribution in [1.29, 1.82) is 0 Å². The topological polar surface area (TPSA) is 39.2 Å². The van der Waals surface area contributed by atoms with Crippen LogP contribution in [0.1, 0.15) is 34.9 Å². The third-order valence-corrected chi connectivity index (χ3v) is 2.53. The Morgan fingerprint density at radius 1 is 1.62 bits per heavy atom. The van der Waals surface area contributed by atoms with Gasteiger partial charge in [-0.3, -0.25) is 0 Å². The lowest BCUT2D eigenvalue weighted by atomic mass is 10.4. The third kappa shape index (κ3) is 2.81. The van der Waals surface area contributed by atoms with E-state index >= 15 is 0 Å². The largest absolute Gasteiger partial charge is 0.462 e. The Morgan fingerprint density at radius 2 is 2.38 bits per heavy atom. The van der Waals surface area contributed by atoms with Gasteiger partial charge in [-0.1, -0.05) is 6.92 Å². The van der Waals surface area contributed by atoms with Crippen molar-refractivity contribution < 1.29 is 9.53 Å². The van der Waals surface area contributed by atoms with Crippen LogP contribution < -0.4 is 0 Å². The summed E-state index contributed by atoms with van der Waals surface area (Å²) in [6.07, 6.45) is 3.58. The van der Waals surface area contributed by atoms with Gasteiger partial charge >= 0.3 is 5.97 Å². The molecule has 0 radical (unpaired) electrons. The maximum absolute atomic E-state index is 11.2. The number of hydrogen-bond acceptors (Lipinski definition) is 4. The molecule has 0 saturated carbocycles. The molecule has 1 heterocycles. The Morgan fingerprint density at radius 3 is 3.00 bits per heavy atom. The number of thiazole rings is 1. The molecular weight excluding hydrogens is 186 g/mol. The predicted molar refractivity (Wildman–Crippen MR) is 52.1 cm³/mol. The van der Waals surface area contributed by atoms with Crippen LogP contribution in [0.25, 0.3) is 0 Å². The smallest absolute Gasteiger partial charge is 0.349 e. The van der Waals surface area contributed by atoms with Crippen LogP contribution in [0, 0.1) is 0 Å². The zero-order valence-electron chi connectivity index (χ0n) is 7.87. The van der Waals surface area contributed by atoms with Gasteiger partial charge in [0.2, 0.25) is 0 Å². The van der Waals surface area contributed by atoms with Crippen molar-refractivity contribution >= 4 is 17.3 Å². The van der Waals surface area contributed by atoms with Crippen molar-refractivity contribution in [2.45, 2.75) is 26.7 Å². The monoisotopic (exact) mass is 199 g/mol. The van der Waals surface area contributed by atoms with E-state index in [9.17, 15) is 4.79 Å². The molecule has 3 nitrogen and oxygen atoms in total. The van der Waals surface area contributed by atoms with Gasteiger partial charge in [-0.2, -0.15) is 0 Å². The predicted octanol–water partition coefficient (Wildman–Crippen LogP) is 2.27. The lowest BCUT2D eigenvalue weighted by molar-refractivity contribution is 0.0532. The van der Waals surface area contributed by atoms with E-state index < -0.39 is 0 Å². The van der Waals surface area contributed by atoms with Crippen LogP contribution in [-0.4, -0.2) is 17.6 Å². The summed E-state index contributed by atoms with van der Waals surface area (Å²) in [4.78, 5) is 15.9. The van der Waals surface area contributed by atoms with E-state index in [1.54, 1.807) is 13.1 Å². The lowest BCUT2D eigenvalue weighted by Gasteiger charge is -1.95. The zero-order chi connectivity index (χ0) is 9.68. The Hall–Kier alpha value is -0.900. The van der Waals surface area contributed by atoms with E-state index in [1.165, 1.54) is 11.3 Å². The van der Waals surface area contributed by atoms with Crippen molar-refractivity contribution in [1.82, 2.24) is 4.98 Å². The maximum Gasteiger partial charge on any atom is 0.349 e. The van der Waals surface area contributed by atoms with Crippen LogP contribution in [0.3, 0.4) is 0 Å². The summed E-state index contributed by atoms with van der Waals surface area (Å²) in [5.41, 5.74) is 0. The van der Waals surface area contributed by atoms with E-state index in [2.05, 4.69) is 11.9 Å². The molecule has 1 rings (SSSR count). The second-order valence-corrected chi connectivity index (χ2v) is 3.70. The summed E-state index contributed by atoms with van der Waals surface area (Å²) < 4.78 is 4.85. The minimum absolute atomic E-state index is 0.262. The molecule has 13 heavy (non-hydrogen) atoms. The van der Waals surface area contributed by atoms with Crippen molar-refractivity contribution in [2.24, 2.45) is 0 Å². The first-order valence-corrected chi connectivity index (χ1v) is 5.21. The molecule has 0 aromatic carbocycles. The third-order valence-electron chi connectivity index (χ3n) is 1.49. The zero-order valence-corrected chi connectivity index (χ0v) is 8.69. The molecule has 0 N–H and O–H groups in total. The summed E-state index contributed by atoms with van der Waals surface area (Å²) in [6.45, 7) is 4.30. The highest BCUT2D eigenvalue weighted by atomic mass is 32.1. The highest BCUT2D eigenvalue weighted by Gasteiger charge is 2.10. The number of ether oxygens (including phenoxy) is 1. The lowest BCUT2D eigenvalue weighted by Crippen LogP contribution is -2.01. The number of nitrogens with zero attached hydrogens (tertiary/aromatic N) is 1. The summed E-state index contributed by atoms with van der Waals surface area (Å²) in [5.74, 6) is -0.262. The number of aryl methyl sites for hydroxylation is 1. The maximum atomic E-state index is 11.2. The van der Waals surface area contributed by atoms with Gasteiger partial charge in [0, 0.05) is 0 Å². The van der Waals surface area contributed by atoms with Gasteiger partial charge in [-0.05, 0) is 19.8 Å². The minimum Gasteiger partial charge on any atom is -0.462 e. The summed E-state index contributed by atoms with van der Waals surface area (Å²) in [6, 6.07) is 0. The summed E-state index contributed by atoms with van der Waals surface area (Å²) >= 11 is 1.42. The molecule has 0 bridgehead atoms. The molecule has 0 unspecified atom stereocenters. The van der Waals surface area contributed by atoms with Gasteiger partial charge in [0.25, 0.3) is 0 Å². The first kappa shape index (κ1) is 10.2. The first-order valence-electron chi connectivity index (χ1n) is 4.39. The summed E-state index contributed by atoms with van der Waals surface area (Å²) in [5, 5.41) is 1.01. The van der Waals surface area contributed by atoms with Crippen molar-refractivity contribution in [3.8, 4) is 0 Å². The molecule has 0 aliphatic heterocycles.